The summed E-state index contributed by atoms with van der Waals surface area (Å²) in [5.41, 5.74) is 11.5. The number of amides is 3. The molecule has 5 N–H and O–H groups in total. The zero-order chi connectivity index (χ0) is 37.5. The van der Waals surface area contributed by atoms with Crippen LogP contribution in [0.4, 0.5) is 17.1 Å². The molecule has 276 valence electrons. The molecule has 3 amide bonds. The van der Waals surface area contributed by atoms with Crippen LogP contribution in [-0.2, 0) is 34.4 Å². The summed E-state index contributed by atoms with van der Waals surface area (Å²) in [7, 11) is -7.39. The van der Waals surface area contributed by atoms with E-state index in [1.165, 1.54) is 67.8 Å². The minimum absolute atomic E-state index is 0.0312. The summed E-state index contributed by atoms with van der Waals surface area (Å²) < 4.78 is 62.9. The lowest BCUT2D eigenvalue weighted by Gasteiger charge is -2.28. The van der Waals surface area contributed by atoms with Crippen molar-refractivity contribution in [3.8, 4) is 5.75 Å². The average Bonchev–Trinajstić information content (AvgIpc) is 3.13. The van der Waals surface area contributed by atoms with Crippen LogP contribution in [0, 0.1) is 0 Å². The molecule has 1 aliphatic heterocycles. The fourth-order valence-corrected chi connectivity index (χ4v) is 9.69. The van der Waals surface area contributed by atoms with E-state index in [1.807, 2.05) is 11.8 Å². The van der Waals surface area contributed by atoms with Crippen molar-refractivity contribution < 1.29 is 36.0 Å². The van der Waals surface area contributed by atoms with E-state index in [0.717, 1.165) is 39.8 Å². The van der Waals surface area contributed by atoms with E-state index in [2.05, 4.69) is 10.2 Å². The number of hydrogen-bond acceptors (Lipinski definition) is 10. The maximum atomic E-state index is 14.1. The van der Waals surface area contributed by atoms with Crippen molar-refractivity contribution in [3.05, 3.63) is 84.9 Å². The molecule has 17 heteroatoms. The van der Waals surface area contributed by atoms with Gasteiger partial charge in [-0.2, -0.15) is 11.8 Å². The van der Waals surface area contributed by atoms with E-state index in [-0.39, 0.29) is 37.8 Å². The number of ether oxygens (including phenoxy) is 1. The molecule has 52 heavy (non-hydrogen) atoms. The Balaban J connectivity index is 1.45. The normalized spacial score (nSPS) is 13.7. The minimum atomic E-state index is -4.45. The molecule has 0 unspecified atom stereocenters. The third kappa shape index (κ3) is 8.96. The first-order valence-electron chi connectivity index (χ1n) is 16.3. The molecule has 0 saturated carbocycles. The summed E-state index contributed by atoms with van der Waals surface area (Å²) >= 11 is 1.92. The Morgan fingerprint density at radius 3 is 1.69 bits per heavy atom. The number of hydrogen-bond donors (Lipinski definition) is 3. The number of sulfonamides is 2. The standard InChI is InChI=1S/C35H40N6O8S3/c1-49-26-10-14-28(15-11-26)52(47,48)41(24-34(37)43)32-17-16-31(29-5-2-3-6-30(29)32)40(23-33(36)42)51(45,46)27-12-8-25(9-13-27)38-35(44)7-4-18-39-19-21-50-22-20-39/h2-3,5-6,8-17H,4,7,18-24H2,1H3,(H2,36,42)(H2,37,43)(H,38,44). The van der Waals surface area contributed by atoms with Gasteiger partial charge in [0.25, 0.3) is 20.0 Å². The Morgan fingerprint density at radius 1 is 0.750 bits per heavy atom. The summed E-state index contributed by atoms with van der Waals surface area (Å²) in [6, 6.07) is 20.2. The van der Waals surface area contributed by atoms with Crippen molar-refractivity contribution in [1.82, 2.24) is 4.90 Å². The zero-order valence-corrected chi connectivity index (χ0v) is 30.9. The number of thioether (sulfide) groups is 1. The summed E-state index contributed by atoms with van der Waals surface area (Å²) in [5, 5.41) is 3.30. The van der Waals surface area contributed by atoms with E-state index in [9.17, 15) is 31.2 Å². The predicted octanol–water partition coefficient (Wildman–Crippen LogP) is 2.98. The first-order valence-corrected chi connectivity index (χ1v) is 20.3. The average molecular weight is 769 g/mol. The molecule has 4 aromatic rings. The highest BCUT2D eigenvalue weighted by Gasteiger charge is 2.32. The Bertz CT molecular complexity index is 2140. The zero-order valence-electron chi connectivity index (χ0n) is 28.4. The number of primary amides is 2. The monoisotopic (exact) mass is 768 g/mol. The van der Waals surface area contributed by atoms with Crippen LogP contribution in [0.5, 0.6) is 5.75 Å². The molecule has 1 saturated heterocycles. The largest absolute Gasteiger partial charge is 0.497 e. The van der Waals surface area contributed by atoms with Crippen molar-refractivity contribution >= 4 is 77.4 Å². The van der Waals surface area contributed by atoms with Crippen LogP contribution in [0.25, 0.3) is 10.8 Å². The van der Waals surface area contributed by atoms with Gasteiger partial charge in [0.1, 0.15) is 18.8 Å². The molecule has 1 aliphatic rings. The smallest absolute Gasteiger partial charge is 0.264 e. The summed E-state index contributed by atoms with van der Waals surface area (Å²) in [5.74, 6) is 0.531. The maximum absolute atomic E-state index is 14.1. The predicted molar refractivity (Wildman–Crippen MR) is 202 cm³/mol. The quantitative estimate of drug-likeness (QED) is 0.152. The molecule has 0 spiro atoms. The number of nitrogens with zero attached hydrogens (tertiary/aromatic N) is 3. The van der Waals surface area contributed by atoms with E-state index in [1.54, 1.807) is 24.3 Å². The van der Waals surface area contributed by atoms with Crippen LogP contribution in [-0.4, -0.2) is 90.8 Å². The van der Waals surface area contributed by atoms with Crippen LogP contribution in [0.2, 0.25) is 0 Å². The third-order valence-electron chi connectivity index (χ3n) is 8.37. The highest BCUT2D eigenvalue weighted by Crippen LogP contribution is 2.38. The minimum Gasteiger partial charge on any atom is -0.497 e. The number of carbonyl (C=O) groups is 3. The number of benzene rings is 4. The molecule has 5 rings (SSSR count). The first-order chi connectivity index (χ1) is 24.8. The van der Waals surface area contributed by atoms with Gasteiger partial charge in [-0.3, -0.25) is 23.0 Å². The fourth-order valence-electron chi connectivity index (χ4n) is 5.81. The molecular formula is C35H40N6O8S3. The highest BCUT2D eigenvalue weighted by atomic mass is 32.2. The van der Waals surface area contributed by atoms with Gasteiger partial charge in [-0.15, -0.1) is 0 Å². The summed E-state index contributed by atoms with van der Waals surface area (Å²) in [6.07, 6.45) is 1.02. The molecule has 0 aromatic heterocycles. The summed E-state index contributed by atoms with van der Waals surface area (Å²) in [6.45, 7) is 1.39. The second-order valence-electron chi connectivity index (χ2n) is 11.9. The van der Waals surface area contributed by atoms with Crippen LogP contribution in [0.3, 0.4) is 0 Å². The van der Waals surface area contributed by atoms with Crippen LogP contribution in [0.15, 0.2) is 94.7 Å². The van der Waals surface area contributed by atoms with Crippen molar-refractivity contribution in [2.24, 2.45) is 11.5 Å². The van der Waals surface area contributed by atoms with E-state index < -0.39 is 45.0 Å². The molecule has 0 atom stereocenters. The number of nitrogens with one attached hydrogen (secondary N) is 1. The molecule has 1 heterocycles. The summed E-state index contributed by atoms with van der Waals surface area (Å²) in [4.78, 5) is 39.1. The maximum Gasteiger partial charge on any atom is 0.264 e. The van der Waals surface area contributed by atoms with Gasteiger partial charge in [-0.05, 0) is 73.6 Å². The topological polar surface area (TPSA) is 203 Å². The molecule has 1 fully saturated rings. The number of anilines is 3. The van der Waals surface area contributed by atoms with Gasteiger partial charge in [0.05, 0.1) is 28.3 Å². The fraction of sp³-hybridized carbons (Fsp3) is 0.286. The highest BCUT2D eigenvalue weighted by molar-refractivity contribution is 7.99. The van der Waals surface area contributed by atoms with Gasteiger partial charge < -0.3 is 26.4 Å². The van der Waals surface area contributed by atoms with E-state index >= 15 is 0 Å². The van der Waals surface area contributed by atoms with Crippen LogP contribution >= 0.6 is 11.8 Å². The second-order valence-corrected chi connectivity index (χ2v) is 16.9. The van der Waals surface area contributed by atoms with E-state index in [0.29, 0.717) is 24.3 Å². The molecule has 0 radical (unpaired) electrons. The number of fused-ring (bicyclic) bond motifs is 1. The van der Waals surface area contributed by atoms with Gasteiger partial charge >= 0.3 is 0 Å². The molecule has 0 bridgehead atoms. The van der Waals surface area contributed by atoms with Crippen molar-refractivity contribution in [3.63, 3.8) is 0 Å². The molecular weight excluding hydrogens is 729 g/mol. The van der Waals surface area contributed by atoms with Gasteiger partial charge in [-0.1, -0.05) is 24.3 Å². The second kappa shape index (κ2) is 16.7. The van der Waals surface area contributed by atoms with Gasteiger partial charge in [0, 0.05) is 47.5 Å². The van der Waals surface area contributed by atoms with Crippen LogP contribution in [0.1, 0.15) is 12.8 Å². The first kappa shape index (κ1) is 38.4. The number of rotatable bonds is 16. The van der Waals surface area contributed by atoms with Crippen molar-refractivity contribution in [1.29, 1.82) is 0 Å². The molecule has 4 aromatic carbocycles. The lowest BCUT2D eigenvalue weighted by molar-refractivity contribution is -0.117. The number of nitrogens with two attached hydrogens (primary N) is 2. The van der Waals surface area contributed by atoms with Crippen molar-refractivity contribution in [2.45, 2.75) is 22.6 Å². The Morgan fingerprint density at radius 2 is 1.23 bits per heavy atom. The molecule has 0 aliphatic carbocycles. The third-order valence-corrected chi connectivity index (χ3v) is 12.9. The van der Waals surface area contributed by atoms with Gasteiger partial charge in [0.15, 0.2) is 0 Å². The Labute approximate surface area is 307 Å². The number of methoxy groups -OCH3 is 1. The van der Waals surface area contributed by atoms with E-state index in [4.69, 9.17) is 16.2 Å². The van der Waals surface area contributed by atoms with Gasteiger partial charge in [-0.25, -0.2) is 16.8 Å². The Kier molecular flexibility index (Phi) is 12.3. The lowest BCUT2D eigenvalue weighted by Crippen LogP contribution is -2.39. The van der Waals surface area contributed by atoms with Gasteiger partial charge in [0.2, 0.25) is 17.7 Å². The SMILES string of the molecule is COc1ccc(S(=O)(=O)N(CC(N)=O)c2ccc(N(CC(N)=O)S(=O)(=O)c3ccc(NC(=O)CCCN4CCSCC4)cc3)c3ccccc23)cc1. The van der Waals surface area contributed by atoms with Crippen molar-refractivity contribution in [2.75, 3.05) is 65.3 Å². The number of carbonyl (C=O) groups excluding carboxylic acids is 3. The van der Waals surface area contributed by atoms with Crippen LogP contribution < -0.4 is 30.1 Å². The molecule has 14 nitrogen and oxygen atoms in total. The Hall–Kier alpha value is -4.84. The lowest BCUT2D eigenvalue weighted by atomic mass is 10.1.